The Morgan fingerprint density at radius 3 is 1.96 bits per heavy atom. The number of alkyl halides is 6. The van der Waals surface area contributed by atoms with Gasteiger partial charge in [0, 0.05) is 32.7 Å². The first-order valence-corrected chi connectivity index (χ1v) is 8.10. The first-order valence-electron chi connectivity index (χ1n) is 8.10. The number of carbonyl (C=O) groups excluding carboxylic acids is 2. The molecule has 1 fully saturated rings. The molecular weight excluding hydrogens is 378 g/mol. The highest BCUT2D eigenvalue weighted by Crippen LogP contribution is 2.36. The van der Waals surface area contributed by atoms with Gasteiger partial charge in [0.25, 0.3) is 5.91 Å². The van der Waals surface area contributed by atoms with Gasteiger partial charge in [-0.25, -0.2) is 0 Å². The number of amides is 2. The quantitative estimate of drug-likeness (QED) is 0.716. The Morgan fingerprint density at radius 1 is 1.00 bits per heavy atom. The molecule has 0 N–H and O–H groups in total. The minimum Gasteiger partial charge on any atom is -0.349 e. The summed E-state index contributed by atoms with van der Waals surface area (Å²) in [4.78, 5) is 27.1. The highest BCUT2D eigenvalue weighted by atomic mass is 19.4. The van der Waals surface area contributed by atoms with Crippen LogP contribution in [0.25, 0.3) is 0 Å². The third-order valence-electron chi connectivity index (χ3n) is 4.33. The summed E-state index contributed by atoms with van der Waals surface area (Å²) in [5.74, 6) is -1.74. The van der Waals surface area contributed by atoms with Crippen molar-refractivity contribution in [2.75, 3.05) is 27.2 Å². The second-order valence-corrected chi connectivity index (χ2v) is 6.62. The second-order valence-electron chi connectivity index (χ2n) is 6.62. The lowest BCUT2D eigenvalue weighted by molar-refractivity contribution is -0.143. The summed E-state index contributed by atoms with van der Waals surface area (Å²) in [6.07, 6.45) is -9.12. The first kappa shape index (κ1) is 21.0. The van der Waals surface area contributed by atoms with Crippen LogP contribution in [-0.4, -0.2) is 48.8 Å². The number of carbonyl (C=O) groups is 2. The van der Waals surface area contributed by atoms with Crippen LogP contribution in [0.5, 0.6) is 0 Å². The Kier molecular flexibility index (Phi) is 5.77. The zero-order valence-electron chi connectivity index (χ0n) is 14.6. The molecule has 0 bridgehead atoms. The van der Waals surface area contributed by atoms with E-state index in [-0.39, 0.29) is 25.1 Å². The third-order valence-corrected chi connectivity index (χ3v) is 4.33. The molecule has 1 atom stereocenters. The zero-order chi connectivity index (χ0) is 20.6. The highest BCUT2D eigenvalue weighted by molar-refractivity contribution is 5.95. The van der Waals surface area contributed by atoms with E-state index < -0.39 is 40.9 Å². The summed E-state index contributed by atoms with van der Waals surface area (Å²) in [6, 6.07) is 0.801. The maximum Gasteiger partial charge on any atom is 0.416 e. The van der Waals surface area contributed by atoms with Crippen LogP contribution < -0.4 is 0 Å². The van der Waals surface area contributed by atoms with Crippen molar-refractivity contribution in [2.45, 2.75) is 25.2 Å². The number of rotatable bonds is 2. The molecule has 0 aromatic heterocycles. The standard InChI is InChI=1S/C17H18F6N2O2/c1-24(2)14(26)10-4-3-5-25(9-10)15(27)11-6-12(16(18,19)20)8-13(7-11)17(21,22)23/h6-8,10H,3-5,9H2,1-2H3/t10-/m1/s1. The van der Waals surface area contributed by atoms with E-state index in [0.717, 1.165) is 4.90 Å². The predicted octanol–water partition coefficient (Wildman–Crippen LogP) is 3.66. The van der Waals surface area contributed by atoms with E-state index in [9.17, 15) is 35.9 Å². The van der Waals surface area contributed by atoms with Crippen molar-refractivity contribution in [2.24, 2.45) is 5.92 Å². The van der Waals surface area contributed by atoms with Gasteiger partial charge in [0.2, 0.25) is 5.91 Å². The predicted molar refractivity (Wildman–Crippen MR) is 83.8 cm³/mol. The number of hydrogen-bond donors (Lipinski definition) is 0. The van der Waals surface area contributed by atoms with E-state index in [1.807, 2.05) is 0 Å². The molecule has 1 aliphatic heterocycles. The first-order chi connectivity index (χ1) is 12.3. The molecule has 10 heteroatoms. The lowest BCUT2D eigenvalue weighted by Crippen LogP contribution is -2.45. The topological polar surface area (TPSA) is 40.6 Å². The Balaban J connectivity index is 2.36. The fourth-order valence-electron chi connectivity index (χ4n) is 2.99. The molecule has 1 heterocycles. The van der Waals surface area contributed by atoms with Crippen molar-refractivity contribution in [1.29, 1.82) is 0 Å². The average molecular weight is 396 g/mol. The van der Waals surface area contributed by atoms with E-state index in [1.54, 1.807) is 0 Å². The summed E-state index contributed by atoms with van der Waals surface area (Å²) in [5.41, 5.74) is -3.78. The summed E-state index contributed by atoms with van der Waals surface area (Å²) in [5, 5.41) is 0. The van der Waals surface area contributed by atoms with Gasteiger partial charge in [-0.2, -0.15) is 26.3 Å². The second kappa shape index (κ2) is 7.40. The van der Waals surface area contributed by atoms with Crippen molar-refractivity contribution < 1.29 is 35.9 Å². The summed E-state index contributed by atoms with van der Waals surface area (Å²) in [6.45, 7) is 0.112. The molecule has 1 aromatic rings. The number of halogens is 6. The van der Waals surface area contributed by atoms with Gasteiger partial charge in [0.05, 0.1) is 17.0 Å². The van der Waals surface area contributed by atoms with Gasteiger partial charge >= 0.3 is 12.4 Å². The fourth-order valence-corrected chi connectivity index (χ4v) is 2.99. The van der Waals surface area contributed by atoms with Gasteiger partial charge in [-0.05, 0) is 31.0 Å². The molecule has 0 spiro atoms. The molecule has 1 aromatic carbocycles. The Morgan fingerprint density at radius 2 is 1.52 bits per heavy atom. The molecular formula is C17H18F6N2O2. The van der Waals surface area contributed by atoms with Gasteiger partial charge < -0.3 is 9.80 Å². The van der Waals surface area contributed by atoms with E-state index in [0.29, 0.717) is 25.0 Å². The van der Waals surface area contributed by atoms with Crippen molar-refractivity contribution in [1.82, 2.24) is 9.80 Å². The summed E-state index contributed by atoms with van der Waals surface area (Å²) >= 11 is 0. The fraction of sp³-hybridized carbons (Fsp3) is 0.529. The van der Waals surface area contributed by atoms with Crippen molar-refractivity contribution in [3.63, 3.8) is 0 Å². The van der Waals surface area contributed by atoms with Crippen LogP contribution in [0.2, 0.25) is 0 Å². The van der Waals surface area contributed by atoms with Crippen LogP contribution in [0, 0.1) is 5.92 Å². The number of likely N-dealkylation sites (tertiary alicyclic amines) is 1. The van der Waals surface area contributed by atoms with Crippen LogP contribution in [0.1, 0.15) is 34.3 Å². The normalized spacial score (nSPS) is 18.4. The largest absolute Gasteiger partial charge is 0.416 e. The van der Waals surface area contributed by atoms with Crippen LogP contribution >= 0.6 is 0 Å². The highest BCUT2D eigenvalue weighted by Gasteiger charge is 2.38. The molecule has 2 rings (SSSR count). The van der Waals surface area contributed by atoms with Gasteiger partial charge in [-0.15, -0.1) is 0 Å². The monoisotopic (exact) mass is 396 g/mol. The Hall–Kier alpha value is -2.26. The molecule has 1 saturated heterocycles. The molecule has 1 aliphatic rings. The minimum atomic E-state index is -5.03. The number of piperidine rings is 1. The number of benzene rings is 1. The lowest BCUT2D eigenvalue weighted by Gasteiger charge is -2.33. The van der Waals surface area contributed by atoms with Crippen LogP contribution in [-0.2, 0) is 17.1 Å². The molecule has 0 aliphatic carbocycles. The minimum absolute atomic E-state index is 0.0225. The SMILES string of the molecule is CN(C)C(=O)[C@@H]1CCCN(C(=O)c2cc(C(F)(F)F)cc(C(F)(F)F)c2)C1. The van der Waals surface area contributed by atoms with Gasteiger partial charge in [0.1, 0.15) is 0 Å². The average Bonchev–Trinajstić information content (AvgIpc) is 2.58. The molecule has 27 heavy (non-hydrogen) atoms. The van der Waals surface area contributed by atoms with Crippen molar-refractivity contribution >= 4 is 11.8 Å². The van der Waals surface area contributed by atoms with Gasteiger partial charge in [0.15, 0.2) is 0 Å². The van der Waals surface area contributed by atoms with Crippen molar-refractivity contribution in [3.8, 4) is 0 Å². The number of nitrogens with zero attached hydrogens (tertiary/aromatic N) is 2. The maximum absolute atomic E-state index is 13.0. The number of hydrogen-bond acceptors (Lipinski definition) is 2. The Labute approximate surface area is 151 Å². The molecule has 0 saturated carbocycles. The van der Waals surface area contributed by atoms with Gasteiger partial charge in [-0.1, -0.05) is 0 Å². The van der Waals surface area contributed by atoms with E-state index >= 15 is 0 Å². The summed E-state index contributed by atoms with van der Waals surface area (Å²) in [7, 11) is 3.07. The third kappa shape index (κ3) is 4.92. The molecule has 2 amide bonds. The van der Waals surface area contributed by atoms with Crippen LogP contribution in [0.3, 0.4) is 0 Å². The zero-order valence-corrected chi connectivity index (χ0v) is 14.6. The van der Waals surface area contributed by atoms with E-state index in [4.69, 9.17) is 0 Å². The maximum atomic E-state index is 13.0. The van der Waals surface area contributed by atoms with E-state index in [2.05, 4.69) is 0 Å². The summed E-state index contributed by atoms with van der Waals surface area (Å²) < 4.78 is 77.7. The van der Waals surface area contributed by atoms with E-state index in [1.165, 1.54) is 19.0 Å². The molecule has 0 unspecified atom stereocenters. The molecule has 150 valence electrons. The molecule has 0 radical (unpaired) electrons. The Bertz CT molecular complexity index is 695. The lowest BCUT2D eigenvalue weighted by atomic mass is 9.95. The van der Waals surface area contributed by atoms with Gasteiger partial charge in [-0.3, -0.25) is 9.59 Å². The van der Waals surface area contributed by atoms with Crippen LogP contribution in [0.4, 0.5) is 26.3 Å². The molecule has 4 nitrogen and oxygen atoms in total. The van der Waals surface area contributed by atoms with Crippen molar-refractivity contribution in [3.05, 3.63) is 34.9 Å². The van der Waals surface area contributed by atoms with Crippen LogP contribution in [0.15, 0.2) is 18.2 Å². The smallest absolute Gasteiger partial charge is 0.349 e.